The zero-order chi connectivity index (χ0) is 12.4. The first-order chi connectivity index (χ1) is 8.10. The number of methoxy groups -OCH3 is 1. The largest absolute Gasteiger partial charge is 0.378 e. The summed E-state index contributed by atoms with van der Waals surface area (Å²) in [6, 6.07) is 3.64. The Morgan fingerprint density at radius 1 is 1.29 bits per heavy atom. The van der Waals surface area contributed by atoms with Crippen molar-refractivity contribution in [1.29, 1.82) is 0 Å². The van der Waals surface area contributed by atoms with Gasteiger partial charge in [-0.15, -0.1) is 0 Å². The first-order valence-electron chi connectivity index (χ1n) is 5.16. The molecule has 0 saturated heterocycles. The standard InChI is InChI=1S/C11H13ClN4O/c1-7-4-8(2)16(15-7)11-13-9(6-17-3)5-10(12)14-11/h4-5H,6H2,1-3H3. The lowest BCUT2D eigenvalue weighted by Gasteiger charge is -2.05. The highest BCUT2D eigenvalue weighted by Crippen LogP contribution is 2.13. The molecule has 0 N–H and O–H groups in total. The minimum atomic E-state index is 0.384. The van der Waals surface area contributed by atoms with Gasteiger partial charge in [0, 0.05) is 12.8 Å². The van der Waals surface area contributed by atoms with E-state index in [0.717, 1.165) is 17.1 Å². The van der Waals surface area contributed by atoms with Crippen molar-refractivity contribution in [3.63, 3.8) is 0 Å². The molecule has 0 aliphatic heterocycles. The van der Waals surface area contributed by atoms with Crippen LogP contribution in [0.4, 0.5) is 0 Å². The molecule has 0 aliphatic carbocycles. The number of hydrogen-bond donors (Lipinski definition) is 0. The van der Waals surface area contributed by atoms with Gasteiger partial charge in [0.1, 0.15) is 5.15 Å². The zero-order valence-corrected chi connectivity index (χ0v) is 10.7. The second kappa shape index (κ2) is 4.81. The third-order valence-electron chi connectivity index (χ3n) is 2.23. The molecule has 17 heavy (non-hydrogen) atoms. The molecule has 2 rings (SSSR count). The molecule has 0 atom stereocenters. The van der Waals surface area contributed by atoms with Gasteiger partial charge in [0.2, 0.25) is 0 Å². The Morgan fingerprint density at radius 3 is 2.65 bits per heavy atom. The number of rotatable bonds is 3. The highest BCUT2D eigenvalue weighted by Gasteiger charge is 2.09. The smallest absolute Gasteiger partial charge is 0.252 e. The van der Waals surface area contributed by atoms with Gasteiger partial charge in [-0.2, -0.15) is 10.1 Å². The summed E-state index contributed by atoms with van der Waals surface area (Å²) in [7, 11) is 1.61. The molecule has 0 bridgehead atoms. The molecule has 2 heterocycles. The number of aromatic nitrogens is 4. The van der Waals surface area contributed by atoms with Crippen molar-refractivity contribution in [1.82, 2.24) is 19.7 Å². The van der Waals surface area contributed by atoms with E-state index in [4.69, 9.17) is 16.3 Å². The van der Waals surface area contributed by atoms with E-state index in [-0.39, 0.29) is 0 Å². The summed E-state index contributed by atoms with van der Waals surface area (Å²) in [5.41, 5.74) is 2.61. The Labute approximate surface area is 104 Å². The zero-order valence-electron chi connectivity index (χ0n) is 9.94. The summed E-state index contributed by atoms with van der Waals surface area (Å²) in [6.45, 7) is 4.26. The number of hydrogen-bond acceptors (Lipinski definition) is 4. The molecule has 0 saturated carbocycles. The number of nitrogens with zero attached hydrogens (tertiary/aromatic N) is 4. The van der Waals surface area contributed by atoms with Crippen LogP contribution in [0.3, 0.4) is 0 Å². The Morgan fingerprint density at radius 2 is 2.06 bits per heavy atom. The molecule has 0 aromatic carbocycles. The predicted molar refractivity (Wildman–Crippen MR) is 64.4 cm³/mol. The number of ether oxygens (including phenoxy) is 1. The summed E-state index contributed by atoms with van der Waals surface area (Å²) < 4.78 is 6.70. The van der Waals surface area contributed by atoms with E-state index in [1.54, 1.807) is 17.9 Å². The van der Waals surface area contributed by atoms with E-state index in [1.807, 2.05) is 19.9 Å². The van der Waals surface area contributed by atoms with Crippen LogP contribution in [0.1, 0.15) is 17.1 Å². The first kappa shape index (κ1) is 12.0. The van der Waals surface area contributed by atoms with Gasteiger partial charge in [-0.25, -0.2) is 9.67 Å². The molecule has 2 aromatic heterocycles. The van der Waals surface area contributed by atoms with Crippen molar-refractivity contribution in [2.75, 3.05) is 7.11 Å². The fraction of sp³-hybridized carbons (Fsp3) is 0.364. The highest BCUT2D eigenvalue weighted by molar-refractivity contribution is 6.29. The van der Waals surface area contributed by atoms with Crippen LogP contribution >= 0.6 is 11.6 Å². The fourth-order valence-electron chi connectivity index (χ4n) is 1.60. The average Bonchev–Trinajstić information content (AvgIpc) is 2.57. The van der Waals surface area contributed by atoms with Crippen molar-refractivity contribution in [3.8, 4) is 5.95 Å². The maximum absolute atomic E-state index is 5.95. The maximum Gasteiger partial charge on any atom is 0.252 e. The average molecular weight is 253 g/mol. The van der Waals surface area contributed by atoms with E-state index >= 15 is 0 Å². The van der Waals surface area contributed by atoms with E-state index in [9.17, 15) is 0 Å². The van der Waals surface area contributed by atoms with Crippen LogP contribution in [0.15, 0.2) is 12.1 Å². The van der Waals surface area contributed by atoms with Crippen LogP contribution in [-0.2, 0) is 11.3 Å². The summed E-state index contributed by atoms with van der Waals surface area (Å²) in [6.07, 6.45) is 0. The van der Waals surface area contributed by atoms with Gasteiger partial charge in [-0.3, -0.25) is 0 Å². The molecule has 2 aromatic rings. The topological polar surface area (TPSA) is 52.8 Å². The lowest BCUT2D eigenvalue weighted by atomic mass is 10.4. The monoisotopic (exact) mass is 252 g/mol. The predicted octanol–water partition coefficient (Wildman–Crippen LogP) is 2.08. The molecule has 0 unspecified atom stereocenters. The van der Waals surface area contributed by atoms with Crippen LogP contribution in [0, 0.1) is 13.8 Å². The number of aryl methyl sites for hydroxylation is 2. The van der Waals surface area contributed by atoms with E-state index in [0.29, 0.717) is 17.7 Å². The Bertz CT molecular complexity index is 538. The van der Waals surface area contributed by atoms with Crippen LogP contribution in [0.5, 0.6) is 0 Å². The minimum Gasteiger partial charge on any atom is -0.378 e. The van der Waals surface area contributed by atoms with E-state index in [1.165, 1.54) is 0 Å². The first-order valence-corrected chi connectivity index (χ1v) is 5.54. The summed E-state index contributed by atoms with van der Waals surface area (Å²) in [4.78, 5) is 8.51. The molecule has 5 nitrogen and oxygen atoms in total. The molecular formula is C11H13ClN4O. The van der Waals surface area contributed by atoms with Crippen LogP contribution in [0.2, 0.25) is 5.15 Å². The minimum absolute atomic E-state index is 0.384. The highest BCUT2D eigenvalue weighted by atomic mass is 35.5. The fourth-order valence-corrected chi connectivity index (χ4v) is 1.80. The Balaban J connectivity index is 2.48. The number of halogens is 1. The molecule has 0 spiro atoms. The quantitative estimate of drug-likeness (QED) is 0.785. The Hall–Kier alpha value is -1.46. The van der Waals surface area contributed by atoms with Gasteiger partial charge in [-0.1, -0.05) is 11.6 Å². The molecule has 0 fully saturated rings. The summed E-state index contributed by atoms with van der Waals surface area (Å²) in [5, 5.41) is 4.70. The van der Waals surface area contributed by atoms with Gasteiger partial charge in [0.25, 0.3) is 5.95 Å². The second-order valence-electron chi connectivity index (χ2n) is 3.75. The molecule has 0 aliphatic rings. The molecule has 90 valence electrons. The summed E-state index contributed by atoms with van der Waals surface area (Å²) in [5.74, 6) is 0.468. The van der Waals surface area contributed by atoms with Crippen LogP contribution < -0.4 is 0 Å². The SMILES string of the molecule is COCc1cc(Cl)nc(-n2nc(C)cc2C)n1. The van der Waals surface area contributed by atoms with Gasteiger partial charge in [0.15, 0.2) is 0 Å². The van der Waals surface area contributed by atoms with Crippen LogP contribution in [0.25, 0.3) is 5.95 Å². The van der Waals surface area contributed by atoms with Crippen molar-refractivity contribution in [3.05, 3.63) is 34.4 Å². The van der Waals surface area contributed by atoms with Gasteiger partial charge in [0.05, 0.1) is 18.0 Å². The van der Waals surface area contributed by atoms with Crippen molar-refractivity contribution in [2.45, 2.75) is 20.5 Å². The molecular weight excluding hydrogens is 240 g/mol. The maximum atomic E-state index is 5.95. The van der Waals surface area contributed by atoms with Crippen molar-refractivity contribution < 1.29 is 4.74 Å². The lowest BCUT2D eigenvalue weighted by molar-refractivity contribution is 0.181. The molecule has 0 radical (unpaired) electrons. The van der Waals surface area contributed by atoms with Crippen LogP contribution in [-0.4, -0.2) is 26.9 Å². The third-order valence-corrected chi connectivity index (χ3v) is 2.42. The molecule has 6 heteroatoms. The van der Waals surface area contributed by atoms with E-state index < -0.39 is 0 Å². The summed E-state index contributed by atoms with van der Waals surface area (Å²) >= 11 is 5.95. The Kier molecular flexibility index (Phi) is 3.40. The van der Waals surface area contributed by atoms with E-state index in [2.05, 4.69) is 15.1 Å². The van der Waals surface area contributed by atoms with Gasteiger partial charge in [-0.05, 0) is 26.0 Å². The normalized spacial score (nSPS) is 10.8. The lowest BCUT2D eigenvalue weighted by Crippen LogP contribution is -2.07. The van der Waals surface area contributed by atoms with Crippen molar-refractivity contribution >= 4 is 11.6 Å². The van der Waals surface area contributed by atoms with Crippen molar-refractivity contribution in [2.24, 2.45) is 0 Å². The van der Waals surface area contributed by atoms with Gasteiger partial charge < -0.3 is 4.74 Å². The van der Waals surface area contributed by atoms with Gasteiger partial charge >= 0.3 is 0 Å². The second-order valence-corrected chi connectivity index (χ2v) is 4.14. The molecule has 0 amide bonds. The third kappa shape index (κ3) is 2.62.